The van der Waals surface area contributed by atoms with Crippen molar-refractivity contribution in [3.63, 3.8) is 0 Å². The van der Waals surface area contributed by atoms with E-state index in [4.69, 9.17) is 0 Å². The minimum Gasteiger partial charge on any atom is -0.369 e. The Balaban J connectivity index is 2.14. The average molecular weight is 262 g/mol. The largest absolute Gasteiger partial charge is 0.369 e. The predicted octanol–water partition coefficient (Wildman–Crippen LogP) is 2.31. The van der Waals surface area contributed by atoms with E-state index in [2.05, 4.69) is 29.1 Å². The Labute approximate surface area is 114 Å². The molecule has 0 aliphatic carbocycles. The average Bonchev–Trinajstić information content (AvgIpc) is 2.80. The molecule has 1 N–H and O–H groups in total. The molecule has 1 aliphatic heterocycles. The van der Waals surface area contributed by atoms with Gasteiger partial charge >= 0.3 is 0 Å². The molecule has 1 aromatic heterocycles. The monoisotopic (exact) mass is 262 g/mol. The number of carbonyl (C=O) groups excluding carboxylic acids is 1. The Morgan fingerprint density at radius 2 is 2.16 bits per heavy atom. The molecular weight excluding hydrogens is 240 g/mol. The summed E-state index contributed by atoms with van der Waals surface area (Å²) in [5.74, 6) is 0.716. The zero-order valence-corrected chi connectivity index (χ0v) is 11.9. The van der Waals surface area contributed by atoms with Crippen LogP contribution in [-0.2, 0) is 0 Å². The highest BCUT2D eigenvalue weighted by molar-refractivity contribution is 5.92. The molecule has 0 spiro atoms. The van der Waals surface area contributed by atoms with Crippen LogP contribution in [0.4, 0.5) is 5.82 Å². The van der Waals surface area contributed by atoms with Gasteiger partial charge in [-0.05, 0) is 33.1 Å². The summed E-state index contributed by atoms with van der Waals surface area (Å²) >= 11 is 0. The molecule has 104 valence electrons. The number of likely N-dealkylation sites (tertiary alicyclic amines) is 1. The molecule has 2 unspecified atom stereocenters. The smallest absolute Gasteiger partial charge is 0.274 e. The quantitative estimate of drug-likeness (QED) is 0.904. The third-order valence-electron chi connectivity index (χ3n) is 3.72. The van der Waals surface area contributed by atoms with Gasteiger partial charge in [0, 0.05) is 18.6 Å². The lowest BCUT2D eigenvalue weighted by Gasteiger charge is -2.27. The number of aromatic nitrogens is 2. The van der Waals surface area contributed by atoms with Gasteiger partial charge in [0.15, 0.2) is 0 Å². The summed E-state index contributed by atoms with van der Waals surface area (Å²) in [6.07, 6.45) is 6.36. The third kappa shape index (κ3) is 2.85. The van der Waals surface area contributed by atoms with Gasteiger partial charge in [0.05, 0.1) is 12.4 Å². The minimum atomic E-state index is 0.00685. The molecule has 0 bridgehead atoms. The summed E-state index contributed by atoms with van der Waals surface area (Å²) in [4.78, 5) is 22.9. The second-order valence-electron chi connectivity index (χ2n) is 5.02. The fraction of sp³-hybridized carbons (Fsp3) is 0.643. The van der Waals surface area contributed by atoms with Crippen molar-refractivity contribution in [1.82, 2.24) is 14.9 Å². The van der Waals surface area contributed by atoms with E-state index in [1.165, 1.54) is 0 Å². The summed E-state index contributed by atoms with van der Waals surface area (Å²) < 4.78 is 0. The molecule has 2 rings (SSSR count). The van der Waals surface area contributed by atoms with Gasteiger partial charge in [0.25, 0.3) is 5.91 Å². The zero-order chi connectivity index (χ0) is 13.8. The van der Waals surface area contributed by atoms with Crippen LogP contribution in [0.1, 0.15) is 50.5 Å². The molecule has 1 aliphatic rings. The number of hydrogen-bond acceptors (Lipinski definition) is 4. The fourth-order valence-electron chi connectivity index (χ4n) is 2.68. The number of amides is 1. The van der Waals surface area contributed by atoms with E-state index >= 15 is 0 Å². The lowest BCUT2D eigenvalue weighted by molar-refractivity contribution is 0.0670. The molecule has 1 saturated heterocycles. The first-order chi connectivity index (χ1) is 9.17. The van der Waals surface area contributed by atoms with E-state index in [0.29, 0.717) is 23.6 Å². The highest BCUT2D eigenvalue weighted by atomic mass is 16.2. The Bertz CT molecular complexity index is 432. The Morgan fingerprint density at radius 3 is 2.74 bits per heavy atom. The molecule has 0 saturated carbocycles. The van der Waals surface area contributed by atoms with Crippen LogP contribution in [0.5, 0.6) is 0 Å². The minimum absolute atomic E-state index is 0.00685. The van der Waals surface area contributed by atoms with Gasteiger partial charge < -0.3 is 10.2 Å². The zero-order valence-electron chi connectivity index (χ0n) is 11.9. The van der Waals surface area contributed by atoms with E-state index in [1.54, 1.807) is 12.4 Å². The molecular formula is C14H22N4O. The molecule has 1 aromatic rings. The molecule has 2 heterocycles. The number of nitrogens with zero attached hydrogens (tertiary/aromatic N) is 3. The standard InChI is InChI=1S/C14H22N4O/c1-4-11-7-6-10(3)18(11)14(19)12-8-17-13(9-16-12)15-5-2/h8-11H,4-7H2,1-3H3,(H,15,17). The number of hydrogen-bond donors (Lipinski definition) is 1. The van der Waals surface area contributed by atoms with Crippen LogP contribution >= 0.6 is 0 Å². The number of carbonyl (C=O) groups is 1. The van der Waals surface area contributed by atoms with Gasteiger partial charge in [-0.15, -0.1) is 0 Å². The normalized spacial score (nSPS) is 22.6. The molecule has 2 atom stereocenters. The fourth-order valence-corrected chi connectivity index (χ4v) is 2.68. The van der Waals surface area contributed by atoms with Crippen molar-refractivity contribution >= 4 is 11.7 Å². The SMILES string of the molecule is CCNc1cnc(C(=O)N2C(C)CCC2CC)cn1. The van der Waals surface area contributed by atoms with Gasteiger partial charge in [0.1, 0.15) is 11.5 Å². The van der Waals surface area contributed by atoms with E-state index in [1.807, 2.05) is 11.8 Å². The van der Waals surface area contributed by atoms with Crippen molar-refractivity contribution < 1.29 is 4.79 Å². The molecule has 1 amide bonds. The van der Waals surface area contributed by atoms with Crippen LogP contribution in [0.25, 0.3) is 0 Å². The Kier molecular flexibility index (Phi) is 4.35. The van der Waals surface area contributed by atoms with Crippen molar-refractivity contribution in [2.24, 2.45) is 0 Å². The van der Waals surface area contributed by atoms with Crippen LogP contribution in [0, 0.1) is 0 Å². The first kappa shape index (κ1) is 13.8. The molecule has 0 radical (unpaired) electrons. The first-order valence-corrected chi connectivity index (χ1v) is 7.05. The van der Waals surface area contributed by atoms with Crippen LogP contribution in [0.2, 0.25) is 0 Å². The van der Waals surface area contributed by atoms with Crippen LogP contribution < -0.4 is 5.32 Å². The van der Waals surface area contributed by atoms with E-state index in [-0.39, 0.29) is 5.91 Å². The van der Waals surface area contributed by atoms with Crippen LogP contribution in [0.15, 0.2) is 12.4 Å². The van der Waals surface area contributed by atoms with Crippen molar-refractivity contribution in [2.75, 3.05) is 11.9 Å². The molecule has 5 heteroatoms. The molecule has 0 aromatic carbocycles. The lowest BCUT2D eigenvalue weighted by atomic mass is 10.1. The Morgan fingerprint density at radius 1 is 1.37 bits per heavy atom. The van der Waals surface area contributed by atoms with E-state index in [0.717, 1.165) is 25.8 Å². The summed E-state index contributed by atoms with van der Waals surface area (Å²) in [5.41, 5.74) is 0.439. The topological polar surface area (TPSA) is 58.1 Å². The maximum Gasteiger partial charge on any atom is 0.274 e. The number of rotatable bonds is 4. The van der Waals surface area contributed by atoms with Crippen molar-refractivity contribution in [3.05, 3.63) is 18.1 Å². The molecule has 19 heavy (non-hydrogen) atoms. The highest BCUT2D eigenvalue weighted by Crippen LogP contribution is 2.27. The van der Waals surface area contributed by atoms with Crippen LogP contribution in [0.3, 0.4) is 0 Å². The van der Waals surface area contributed by atoms with E-state index < -0.39 is 0 Å². The second kappa shape index (κ2) is 5.99. The van der Waals surface area contributed by atoms with Gasteiger partial charge in [0.2, 0.25) is 0 Å². The highest BCUT2D eigenvalue weighted by Gasteiger charge is 2.34. The summed E-state index contributed by atoms with van der Waals surface area (Å²) in [6.45, 7) is 7.03. The molecule has 1 fully saturated rings. The van der Waals surface area contributed by atoms with Gasteiger partial charge in [-0.2, -0.15) is 0 Å². The second-order valence-corrected chi connectivity index (χ2v) is 5.02. The maximum absolute atomic E-state index is 12.5. The Hall–Kier alpha value is -1.65. The van der Waals surface area contributed by atoms with Crippen molar-refractivity contribution in [3.8, 4) is 0 Å². The number of nitrogens with one attached hydrogen (secondary N) is 1. The predicted molar refractivity (Wildman–Crippen MR) is 75.1 cm³/mol. The number of anilines is 1. The lowest BCUT2D eigenvalue weighted by Crippen LogP contribution is -2.40. The summed E-state index contributed by atoms with van der Waals surface area (Å²) in [6, 6.07) is 0.644. The first-order valence-electron chi connectivity index (χ1n) is 7.05. The van der Waals surface area contributed by atoms with Gasteiger partial charge in [-0.3, -0.25) is 4.79 Å². The van der Waals surface area contributed by atoms with Crippen molar-refractivity contribution in [2.45, 2.75) is 52.1 Å². The van der Waals surface area contributed by atoms with Gasteiger partial charge in [-0.25, -0.2) is 9.97 Å². The summed E-state index contributed by atoms with van der Waals surface area (Å²) in [5, 5.41) is 3.07. The van der Waals surface area contributed by atoms with Crippen molar-refractivity contribution in [1.29, 1.82) is 0 Å². The van der Waals surface area contributed by atoms with E-state index in [9.17, 15) is 4.79 Å². The van der Waals surface area contributed by atoms with Crippen LogP contribution in [-0.4, -0.2) is 39.4 Å². The van der Waals surface area contributed by atoms with Gasteiger partial charge in [-0.1, -0.05) is 6.92 Å². The maximum atomic E-state index is 12.5. The molecule has 5 nitrogen and oxygen atoms in total. The third-order valence-corrected chi connectivity index (χ3v) is 3.72. The summed E-state index contributed by atoms with van der Waals surface area (Å²) in [7, 11) is 0.